The number of hydrogen-bond donors (Lipinski definition) is 1. The molecule has 0 bridgehead atoms. The molecule has 1 aromatic heterocycles. The summed E-state index contributed by atoms with van der Waals surface area (Å²) in [7, 11) is 0. The Morgan fingerprint density at radius 2 is 1.70 bits per heavy atom. The average molecular weight is 443 g/mol. The zero-order valence-electron chi connectivity index (χ0n) is 18.7. The summed E-state index contributed by atoms with van der Waals surface area (Å²) in [6, 6.07) is 25.5. The summed E-state index contributed by atoms with van der Waals surface area (Å²) in [5.41, 5.74) is 4.58. The van der Waals surface area contributed by atoms with E-state index in [9.17, 15) is 4.79 Å². The van der Waals surface area contributed by atoms with Crippen molar-refractivity contribution in [2.45, 2.75) is 20.5 Å². The zero-order valence-corrected chi connectivity index (χ0v) is 18.7. The number of aromatic nitrogens is 3. The van der Waals surface area contributed by atoms with E-state index in [0.29, 0.717) is 30.7 Å². The number of amides is 1. The number of carbonyl (C=O) groups excluding carboxylic acids is 1. The molecule has 0 aliphatic heterocycles. The average Bonchev–Trinajstić information content (AvgIpc) is 3.24. The van der Waals surface area contributed by atoms with Gasteiger partial charge in [0.15, 0.2) is 5.82 Å². The van der Waals surface area contributed by atoms with E-state index in [1.54, 1.807) is 4.68 Å². The summed E-state index contributed by atoms with van der Waals surface area (Å²) in [4.78, 5) is 16.8. The molecule has 1 N–H and O–H groups in total. The molecule has 0 saturated carbocycles. The van der Waals surface area contributed by atoms with Gasteiger partial charge in [-0.1, -0.05) is 54.6 Å². The summed E-state index contributed by atoms with van der Waals surface area (Å²) >= 11 is 0. The van der Waals surface area contributed by atoms with Crippen LogP contribution in [0.4, 0.5) is 5.69 Å². The molecular formula is C26H26N4O3. The minimum atomic E-state index is -0.210. The number of anilines is 1. The van der Waals surface area contributed by atoms with Crippen LogP contribution in [0.15, 0.2) is 78.9 Å². The second kappa shape index (κ2) is 10.6. The number of ether oxygens (including phenoxy) is 2. The van der Waals surface area contributed by atoms with Crippen LogP contribution in [0.3, 0.4) is 0 Å². The molecule has 4 rings (SSSR count). The first kappa shape index (κ1) is 22.2. The number of rotatable bonds is 9. The summed E-state index contributed by atoms with van der Waals surface area (Å²) in [6.07, 6.45) is 0. The minimum absolute atomic E-state index is 0.0190. The van der Waals surface area contributed by atoms with Crippen molar-refractivity contribution in [1.82, 2.24) is 14.8 Å². The lowest BCUT2D eigenvalue weighted by Crippen LogP contribution is -2.18. The van der Waals surface area contributed by atoms with Crippen LogP contribution in [0, 0.1) is 6.92 Å². The fraction of sp³-hybridized carbons (Fsp3) is 0.192. The van der Waals surface area contributed by atoms with Crippen LogP contribution in [-0.4, -0.2) is 33.9 Å². The van der Waals surface area contributed by atoms with E-state index >= 15 is 0 Å². The highest BCUT2D eigenvalue weighted by Gasteiger charge is 2.16. The summed E-state index contributed by atoms with van der Waals surface area (Å²) in [6.45, 7) is 4.79. The van der Waals surface area contributed by atoms with Gasteiger partial charge in [0.2, 0.25) is 5.91 Å². The third-order valence-electron chi connectivity index (χ3n) is 4.99. The molecule has 4 aromatic rings. The highest BCUT2D eigenvalue weighted by Crippen LogP contribution is 2.26. The molecule has 33 heavy (non-hydrogen) atoms. The third-order valence-corrected chi connectivity index (χ3v) is 4.99. The van der Waals surface area contributed by atoms with E-state index in [2.05, 4.69) is 15.4 Å². The molecule has 0 aliphatic rings. The largest absolute Gasteiger partial charge is 0.463 e. The summed E-state index contributed by atoms with van der Waals surface area (Å²) in [5, 5.41) is 7.38. The Bertz CT molecular complexity index is 1200. The van der Waals surface area contributed by atoms with Crippen LogP contribution in [0.25, 0.3) is 17.1 Å². The topological polar surface area (TPSA) is 78.3 Å². The molecular weight excluding hydrogens is 416 g/mol. The van der Waals surface area contributed by atoms with Gasteiger partial charge in [0, 0.05) is 11.3 Å². The zero-order chi connectivity index (χ0) is 23.0. The number of aryl methyl sites for hydroxylation is 1. The van der Waals surface area contributed by atoms with Crippen molar-refractivity contribution in [3.63, 3.8) is 0 Å². The Labute approximate surface area is 193 Å². The smallest absolute Gasteiger partial charge is 0.336 e. The molecule has 3 aromatic carbocycles. The second-order valence-electron chi connectivity index (χ2n) is 7.45. The summed E-state index contributed by atoms with van der Waals surface area (Å²) in [5.74, 6) is 0.487. The molecule has 1 heterocycles. The highest BCUT2D eigenvalue weighted by atomic mass is 16.5. The Morgan fingerprint density at radius 3 is 2.42 bits per heavy atom. The Morgan fingerprint density at radius 1 is 0.970 bits per heavy atom. The van der Waals surface area contributed by atoms with Crippen molar-refractivity contribution in [3.8, 4) is 23.1 Å². The maximum Gasteiger partial charge on any atom is 0.336 e. The van der Waals surface area contributed by atoms with Gasteiger partial charge < -0.3 is 14.8 Å². The number of carbonyl (C=O) groups is 1. The maximum absolute atomic E-state index is 12.2. The van der Waals surface area contributed by atoms with E-state index in [1.165, 1.54) is 0 Å². The summed E-state index contributed by atoms with van der Waals surface area (Å²) < 4.78 is 12.8. The van der Waals surface area contributed by atoms with Gasteiger partial charge in [0.05, 0.1) is 18.9 Å². The maximum atomic E-state index is 12.2. The molecule has 0 aliphatic carbocycles. The van der Waals surface area contributed by atoms with Gasteiger partial charge in [-0.25, -0.2) is 4.68 Å². The first-order valence-electron chi connectivity index (χ1n) is 10.8. The van der Waals surface area contributed by atoms with Crippen LogP contribution in [0.2, 0.25) is 0 Å². The molecule has 7 heteroatoms. The van der Waals surface area contributed by atoms with Gasteiger partial charge >= 0.3 is 6.01 Å². The number of benzene rings is 3. The Hall–Kier alpha value is -3.97. The second-order valence-corrected chi connectivity index (χ2v) is 7.45. The minimum Gasteiger partial charge on any atom is -0.463 e. The lowest BCUT2D eigenvalue weighted by atomic mass is 10.1. The predicted molar refractivity (Wildman–Crippen MR) is 127 cm³/mol. The van der Waals surface area contributed by atoms with Crippen LogP contribution in [0.5, 0.6) is 6.01 Å². The fourth-order valence-electron chi connectivity index (χ4n) is 3.38. The molecule has 1 amide bonds. The Balaban J connectivity index is 1.45. The van der Waals surface area contributed by atoms with Gasteiger partial charge in [-0.15, -0.1) is 5.10 Å². The molecule has 7 nitrogen and oxygen atoms in total. The van der Waals surface area contributed by atoms with E-state index in [0.717, 1.165) is 22.4 Å². The molecule has 0 unspecified atom stereocenters. The number of hydrogen-bond acceptors (Lipinski definition) is 5. The number of nitrogens with zero attached hydrogens (tertiary/aromatic N) is 3. The first-order chi connectivity index (χ1) is 16.1. The quantitative estimate of drug-likeness (QED) is 0.403. The first-order valence-corrected chi connectivity index (χ1v) is 10.8. The standard InChI is InChI=1S/C26H26N4O3/c1-3-33-26-28-25(23-12-8-7-9-19(23)2)30(29-26)22-15-13-21(14-16-22)27-24(31)18-32-17-20-10-5-4-6-11-20/h4-16H,3,17-18H2,1-2H3,(H,27,31). The van der Waals surface area contributed by atoms with E-state index in [-0.39, 0.29) is 12.5 Å². The van der Waals surface area contributed by atoms with Crippen molar-refractivity contribution >= 4 is 11.6 Å². The highest BCUT2D eigenvalue weighted by molar-refractivity contribution is 5.91. The van der Waals surface area contributed by atoms with Crippen LogP contribution in [-0.2, 0) is 16.1 Å². The van der Waals surface area contributed by atoms with Crippen LogP contribution < -0.4 is 10.1 Å². The van der Waals surface area contributed by atoms with Gasteiger partial charge in [0.25, 0.3) is 0 Å². The van der Waals surface area contributed by atoms with Crippen molar-refractivity contribution in [3.05, 3.63) is 90.0 Å². The molecule has 0 fully saturated rings. The molecule has 0 saturated heterocycles. The van der Waals surface area contributed by atoms with Gasteiger partial charge in [0.1, 0.15) is 6.61 Å². The number of nitrogens with one attached hydrogen (secondary N) is 1. The van der Waals surface area contributed by atoms with E-state index in [4.69, 9.17) is 9.47 Å². The van der Waals surface area contributed by atoms with Gasteiger partial charge in [-0.05, 0) is 49.2 Å². The Kier molecular flexibility index (Phi) is 7.12. The fourth-order valence-corrected chi connectivity index (χ4v) is 3.38. The van der Waals surface area contributed by atoms with Crippen molar-refractivity contribution < 1.29 is 14.3 Å². The third kappa shape index (κ3) is 5.64. The predicted octanol–water partition coefficient (Wildman–Crippen LogP) is 4.80. The van der Waals surface area contributed by atoms with E-state index in [1.807, 2.05) is 92.7 Å². The normalized spacial score (nSPS) is 10.7. The lowest BCUT2D eigenvalue weighted by molar-refractivity contribution is -0.121. The molecule has 0 atom stereocenters. The van der Waals surface area contributed by atoms with Crippen molar-refractivity contribution in [2.75, 3.05) is 18.5 Å². The molecule has 168 valence electrons. The monoisotopic (exact) mass is 442 g/mol. The molecule has 0 spiro atoms. The van der Waals surface area contributed by atoms with Crippen LogP contribution in [0.1, 0.15) is 18.1 Å². The van der Waals surface area contributed by atoms with Gasteiger partial charge in [-0.2, -0.15) is 4.98 Å². The van der Waals surface area contributed by atoms with Crippen molar-refractivity contribution in [2.24, 2.45) is 0 Å². The van der Waals surface area contributed by atoms with Crippen molar-refractivity contribution in [1.29, 1.82) is 0 Å². The van der Waals surface area contributed by atoms with Gasteiger partial charge in [-0.3, -0.25) is 4.79 Å². The van der Waals surface area contributed by atoms with E-state index < -0.39 is 0 Å². The SMILES string of the molecule is CCOc1nc(-c2ccccc2C)n(-c2ccc(NC(=O)COCc3ccccc3)cc2)n1. The molecule has 0 radical (unpaired) electrons. The van der Waals surface area contributed by atoms with Crippen LogP contribution >= 0.6 is 0 Å². The lowest BCUT2D eigenvalue weighted by Gasteiger charge is -2.10.